The topological polar surface area (TPSA) is 43.9 Å². The van der Waals surface area contributed by atoms with Gasteiger partial charge in [0.2, 0.25) is 11.8 Å². The Balaban J connectivity index is 1.69. The number of nitrogens with zero attached hydrogens (tertiary/aromatic N) is 3. The monoisotopic (exact) mass is 329 g/mol. The lowest BCUT2D eigenvalue weighted by Gasteiger charge is -2.46. The van der Waals surface area contributed by atoms with Crippen molar-refractivity contribution in [3.8, 4) is 0 Å². The summed E-state index contributed by atoms with van der Waals surface area (Å²) in [7, 11) is 0. The summed E-state index contributed by atoms with van der Waals surface area (Å²) in [5.74, 6) is 0.326. The Morgan fingerprint density at radius 3 is 2.17 bits per heavy atom. The van der Waals surface area contributed by atoms with Crippen LogP contribution in [0.5, 0.6) is 0 Å². The third-order valence-electron chi connectivity index (χ3n) is 5.43. The summed E-state index contributed by atoms with van der Waals surface area (Å²) in [6, 6.07) is 11.0. The Morgan fingerprint density at radius 2 is 1.58 bits per heavy atom. The number of likely N-dealkylation sites (tertiary alicyclic amines) is 1. The summed E-state index contributed by atoms with van der Waals surface area (Å²) >= 11 is 0. The zero-order valence-corrected chi connectivity index (χ0v) is 14.6. The first kappa shape index (κ1) is 17.0. The highest BCUT2D eigenvalue weighted by Gasteiger charge is 2.34. The zero-order valence-electron chi connectivity index (χ0n) is 14.6. The normalized spacial score (nSPS) is 23.3. The largest absolute Gasteiger partial charge is 0.343 e. The SMILES string of the molecule is CC(=O)N1CCC(N2CCN(C(C)=O)C(c3ccccc3)C2)CC1. The van der Waals surface area contributed by atoms with E-state index in [1.54, 1.807) is 13.8 Å². The number of piperidine rings is 1. The fraction of sp³-hybridized carbons (Fsp3) is 0.579. The van der Waals surface area contributed by atoms with Crippen molar-refractivity contribution >= 4 is 11.8 Å². The molecule has 5 heteroatoms. The Morgan fingerprint density at radius 1 is 0.917 bits per heavy atom. The van der Waals surface area contributed by atoms with Crippen LogP contribution in [0.25, 0.3) is 0 Å². The number of hydrogen-bond donors (Lipinski definition) is 0. The minimum atomic E-state index is 0.128. The lowest BCUT2D eigenvalue weighted by atomic mass is 9.97. The van der Waals surface area contributed by atoms with Crippen molar-refractivity contribution in [1.82, 2.24) is 14.7 Å². The molecular formula is C19H27N3O2. The molecule has 2 aliphatic rings. The maximum atomic E-state index is 12.0. The predicted molar refractivity (Wildman–Crippen MR) is 93.4 cm³/mol. The number of hydrogen-bond acceptors (Lipinski definition) is 3. The van der Waals surface area contributed by atoms with Gasteiger partial charge in [0.25, 0.3) is 0 Å². The Labute approximate surface area is 144 Å². The number of rotatable bonds is 2. The highest BCUT2D eigenvalue weighted by Crippen LogP contribution is 2.28. The van der Waals surface area contributed by atoms with Crippen molar-refractivity contribution in [2.75, 3.05) is 32.7 Å². The van der Waals surface area contributed by atoms with E-state index in [1.807, 2.05) is 28.0 Å². The smallest absolute Gasteiger partial charge is 0.220 e. The number of amides is 2. The highest BCUT2D eigenvalue weighted by atomic mass is 16.2. The van der Waals surface area contributed by atoms with Gasteiger partial charge in [-0.25, -0.2) is 0 Å². The Hall–Kier alpha value is -1.88. The first-order valence-corrected chi connectivity index (χ1v) is 8.88. The second-order valence-corrected chi connectivity index (χ2v) is 6.87. The summed E-state index contributed by atoms with van der Waals surface area (Å²) in [5, 5.41) is 0. The van der Waals surface area contributed by atoms with Crippen LogP contribution in [0, 0.1) is 0 Å². The summed E-state index contributed by atoms with van der Waals surface area (Å²) < 4.78 is 0. The maximum absolute atomic E-state index is 12.0. The minimum absolute atomic E-state index is 0.128. The third-order valence-corrected chi connectivity index (χ3v) is 5.43. The van der Waals surface area contributed by atoms with E-state index < -0.39 is 0 Å². The van der Waals surface area contributed by atoms with E-state index in [1.165, 1.54) is 5.56 Å². The van der Waals surface area contributed by atoms with E-state index in [9.17, 15) is 9.59 Å². The van der Waals surface area contributed by atoms with Crippen molar-refractivity contribution in [2.45, 2.75) is 38.8 Å². The molecule has 1 aromatic carbocycles. The molecule has 2 heterocycles. The van der Waals surface area contributed by atoms with Crippen LogP contribution in [0.2, 0.25) is 0 Å². The molecule has 0 saturated carbocycles. The summed E-state index contributed by atoms with van der Waals surface area (Å²) in [6.45, 7) is 7.60. The molecule has 2 amide bonds. The van der Waals surface area contributed by atoms with Crippen LogP contribution in [-0.4, -0.2) is 65.3 Å². The number of carbonyl (C=O) groups is 2. The standard InChI is InChI=1S/C19H27N3O2/c1-15(23)20-10-8-18(9-11-20)21-12-13-22(16(2)24)19(14-21)17-6-4-3-5-7-17/h3-7,18-19H,8-14H2,1-2H3. The quantitative estimate of drug-likeness (QED) is 0.832. The molecular weight excluding hydrogens is 302 g/mol. The molecule has 0 spiro atoms. The van der Waals surface area contributed by atoms with Crippen LogP contribution in [0.1, 0.15) is 38.3 Å². The lowest BCUT2D eigenvalue weighted by molar-refractivity contribution is -0.136. The van der Waals surface area contributed by atoms with Crippen molar-refractivity contribution in [2.24, 2.45) is 0 Å². The maximum Gasteiger partial charge on any atom is 0.220 e. The van der Waals surface area contributed by atoms with Gasteiger partial charge in [0, 0.05) is 52.6 Å². The molecule has 2 fully saturated rings. The molecule has 130 valence electrons. The fourth-order valence-electron chi connectivity index (χ4n) is 4.02. The minimum Gasteiger partial charge on any atom is -0.343 e. The summed E-state index contributed by atoms with van der Waals surface area (Å²) in [5.41, 5.74) is 1.21. The fourth-order valence-corrected chi connectivity index (χ4v) is 4.02. The van der Waals surface area contributed by atoms with Gasteiger partial charge in [-0.3, -0.25) is 14.5 Å². The molecule has 1 unspecified atom stereocenters. The van der Waals surface area contributed by atoms with Gasteiger partial charge in [-0.05, 0) is 18.4 Å². The van der Waals surface area contributed by atoms with Crippen molar-refractivity contribution in [3.05, 3.63) is 35.9 Å². The van der Waals surface area contributed by atoms with E-state index in [0.717, 1.165) is 45.6 Å². The third kappa shape index (κ3) is 3.61. The van der Waals surface area contributed by atoms with Crippen LogP contribution >= 0.6 is 0 Å². The number of carbonyl (C=O) groups excluding carboxylic acids is 2. The van der Waals surface area contributed by atoms with Crippen LogP contribution in [-0.2, 0) is 9.59 Å². The van der Waals surface area contributed by atoms with E-state index in [-0.39, 0.29) is 17.9 Å². The zero-order chi connectivity index (χ0) is 17.1. The van der Waals surface area contributed by atoms with E-state index in [2.05, 4.69) is 17.0 Å². The van der Waals surface area contributed by atoms with Gasteiger partial charge in [-0.2, -0.15) is 0 Å². The van der Waals surface area contributed by atoms with E-state index in [4.69, 9.17) is 0 Å². The molecule has 0 aliphatic carbocycles. The van der Waals surface area contributed by atoms with Crippen molar-refractivity contribution < 1.29 is 9.59 Å². The van der Waals surface area contributed by atoms with Crippen LogP contribution in [0.15, 0.2) is 30.3 Å². The lowest BCUT2D eigenvalue weighted by Crippen LogP contribution is -2.55. The Kier molecular flexibility index (Phi) is 5.19. The molecule has 0 radical (unpaired) electrons. The molecule has 1 atom stereocenters. The molecule has 5 nitrogen and oxygen atoms in total. The van der Waals surface area contributed by atoms with Gasteiger partial charge in [0.1, 0.15) is 0 Å². The number of piperazine rings is 1. The average molecular weight is 329 g/mol. The molecule has 1 aromatic rings. The molecule has 0 bridgehead atoms. The second kappa shape index (κ2) is 7.34. The van der Waals surface area contributed by atoms with Gasteiger partial charge in [0.15, 0.2) is 0 Å². The summed E-state index contributed by atoms with van der Waals surface area (Å²) in [6.07, 6.45) is 2.06. The molecule has 0 aromatic heterocycles. The van der Waals surface area contributed by atoms with Gasteiger partial charge in [-0.1, -0.05) is 30.3 Å². The van der Waals surface area contributed by atoms with Gasteiger partial charge in [-0.15, -0.1) is 0 Å². The highest BCUT2D eigenvalue weighted by molar-refractivity contribution is 5.74. The predicted octanol–water partition coefficient (Wildman–Crippen LogP) is 1.90. The Bertz CT molecular complexity index is 582. The first-order valence-electron chi connectivity index (χ1n) is 8.88. The second-order valence-electron chi connectivity index (χ2n) is 6.87. The van der Waals surface area contributed by atoms with E-state index >= 15 is 0 Å². The van der Waals surface area contributed by atoms with Crippen molar-refractivity contribution in [1.29, 1.82) is 0 Å². The van der Waals surface area contributed by atoms with Gasteiger partial charge < -0.3 is 9.80 Å². The van der Waals surface area contributed by atoms with Gasteiger partial charge in [0.05, 0.1) is 6.04 Å². The van der Waals surface area contributed by atoms with Gasteiger partial charge >= 0.3 is 0 Å². The molecule has 0 N–H and O–H groups in total. The van der Waals surface area contributed by atoms with Crippen LogP contribution in [0.4, 0.5) is 0 Å². The molecule has 3 rings (SSSR count). The molecule has 2 saturated heterocycles. The molecule has 24 heavy (non-hydrogen) atoms. The molecule has 2 aliphatic heterocycles. The number of benzene rings is 1. The first-order chi connectivity index (χ1) is 11.6. The van der Waals surface area contributed by atoms with Crippen LogP contribution in [0.3, 0.4) is 0 Å². The van der Waals surface area contributed by atoms with E-state index in [0.29, 0.717) is 6.04 Å². The average Bonchev–Trinajstić information content (AvgIpc) is 2.62. The van der Waals surface area contributed by atoms with Crippen molar-refractivity contribution in [3.63, 3.8) is 0 Å². The summed E-state index contributed by atoms with van der Waals surface area (Å²) in [4.78, 5) is 30.0. The van der Waals surface area contributed by atoms with Crippen LogP contribution < -0.4 is 0 Å².